The molecule has 2 bridgehead atoms. The summed E-state index contributed by atoms with van der Waals surface area (Å²) in [7, 11) is -2.82. The first kappa shape index (κ1) is 18.6. The molecule has 5 nitrogen and oxygen atoms in total. The average Bonchev–Trinajstić information content (AvgIpc) is 3.36. The van der Waals surface area contributed by atoms with Crippen LogP contribution in [0.4, 0.5) is 0 Å². The maximum Gasteiger partial charge on any atom is 0.194 e. The monoisotopic (exact) mass is 381 g/mol. The zero-order valence-corrected chi connectivity index (χ0v) is 17.2. The smallest absolute Gasteiger partial charge is 0.194 e. The minimum atomic E-state index is -2.82. The SMILES string of the molecule is CCC1(C)CCN(C(=NCC2CCS(=O)(=O)C2)NC2CC3CCC2C3)C1. The van der Waals surface area contributed by atoms with E-state index in [0.29, 0.717) is 29.5 Å². The summed E-state index contributed by atoms with van der Waals surface area (Å²) in [5.74, 6) is 3.67. The van der Waals surface area contributed by atoms with Crippen LogP contribution in [0, 0.1) is 23.2 Å². The van der Waals surface area contributed by atoms with Crippen molar-refractivity contribution in [3.8, 4) is 0 Å². The number of hydrogen-bond acceptors (Lipinski definition) is 3. The number of fused-ring (bicyclic) bond motifs is 2. The van der Waals surface area contributed by atoms with Crippen molar-refractivity contribution < 1.29 is 8.42 Å². The molecule has 2 heterocycles. The second kappa shape index (κ2) is 6.99. The molecule has 4 aliphatic rings. The van der Waals surface area contributed by atoms with Crippen molar-refractivity contribution in [2.75, 3.05) is 31.1 Å². The number of nitrogens with one attached hydrogen (secondary N) is 1. The highest BCUT2D eigenvalue weighted by Crippen LogP contribution is 2.44. The largest absolute Gasteiger partial charge is 0.353 e. The molecule has 5 unspecified atom stereocenters. The van der Waals surface area contributed by atoms with Crippen LogP contribution in [0.3, 0.4) is 0 Å². The Morgan fingerprint density at radius 3 is 2.69 bits per heavy atom. The van der Waals surface area contributed by atoms with Crippen molar-refractivity contribution in [3.05, 3.63) is 0 Å². The fraction of sp³-hybridized carbons (Fsp3) is 0.950. The number of guanidine groups is 1. The number of rotatable bonds is 4. The van der Waals surface area contributed by atoms with Crippen LogP contribution in [-0.2, 0) is 9.84 Å². The topological polar surface area (TPSA) is 61.8 Å². The van der Waals surface area contributed by atoms with Crippen LogP contribution in [0.5, 0.6) is 0 Å². The Balaban J connectivity index is 1.45. The Kier molecular flexibility index (Phi) is 4.99. The predicted molar refractivity (Wildman–Crippen MR) is 106 cm³/mol. The zero-order chi connectivity index (χ0) is 18.4. The van der Waals surface area contributed by atoms with E-state index in [0.717, 1.165) is 37.3 Å². The highest BCUT2D eigenvalue weighted by Gasteiger charge is 2.41. The van der Waals surface area contributed by atoms with Gasteiger partial charge in [-0.3, -0.25) is 4.99 Å². The van der Waals surface area contributed by atoms with Gasteiger partial charge in [-0.25, -0.2) is 8.42 Å². The van der Waals surface area contributed by atoms with Crippen molar-refractivity contribution in [3.63, 3.8) is 0 Å². The van der Waals surface area contributed by atoms with Gasteiger partial charge >= 0.3 is 0 Å². The fourth-order valence-electron chi connectivity index (χ4n) is 5.55. The van der Waals surface area contributed by atoms with Gasteiger partial charge in [0.15, 0.2) is 15.8 Å². The van der Waals surface area contributed by atoms with E-state index < -0.39 is 9.84 Å². The van der Waals surface area contributed by atoms with E-state index in [1.807, 2.05) is 0 Å². The van der Waals surface area contributed by atoms with Gasteiger partial charge in [0.05, 0.1) is 11.5 Å². The van der Waals surface area contributed by atoms with Gasteiger partial charge in [-0.2, -0.15) is 0 Å². The molecule has 2 saturated carbocycles. The van der Waals surface area contributed by atoms with E-state index in [1.165, 1.54) is 38.5 Å². The average molecular weight is 382 g/mol. The summed E-state index contributed by atoms with van der Waals surface area (Å²) in [4.78, 5) is 7.41. The molecule has 4 fully saturated rings. The minimum absolute atomic E-state index is 0.206. The van der Waals surface area contributed by atoms with E-state index >= 15 is 0 Å². The summed E-state index contributed by atoms with van der Waals surface area (Å²) in [6.45, 7) is 7.46. The Hall–Kier alpha value is -0.780. The summed E-state index contributed by atoms with van der Waals surface area (Å²) >= 11 is 0. The van der Waals surface area contributed by atoms with E-state index in [-0.39, 0.29) is 5.92 Å². The van der Waals surface area contributed by atoms with Crippen molar-refractivity contribution in [1.29, 1.82) is 0 Å². The lowest BCUT2D eigenvalue weighted by molar-refractivity contribution is 0.315. The summed E-state index contributed by atoms with van der Waals surface area (Å²) in [5, 5.41) is 3.82. The first-order valence-corrected chi connectivity index (χ1v) is 12.4. The van der Waals surface area contributed by atoms with Crippen LogP contribution in [0.25, 0.3) is 0 Å². The van der Waals surface area contributed by atoms with Crippen LogP contribution in [-0.4, -0.2) is 56.5 Å². The van der Waals surface area contributed by atoms with Gasteiger partial charge in [0.25, 0.3) is 0 Å². The molecule has 2 aliphatic heterocycles. The van der Waals surface area contributed by atoms with Crippen molar-refractivity contribution >= 4 is 15.8 Å². The summed E-state index contributed by atoms with van der Waals surface area (Å²) in [6, 6.07) is 0.577. The maximum atomic E-state index is 11.8. The first-order chi connectivity index (χ1) is 12.4. The van der Waals surface area contributed by atoms with Crippen molar-refractivity contribution in [2.45, 2.75) is 64.8 Å². The van der Waals surface area contributed by atoms with Gasteiger partial charge < -0.3 is 10.2 Å². The molecular formula is C20H35N3O2S. The number of aliphatic imine (C=N–C) groups is 1. The molecule has 0 spiro atoms. The highest BCUT2D eigenvalue weighted by molar-refractivity contribution is 7.91. The van der Waals surface area contributed by atoms with Crippen LogP contribution in [0.1, 0.15) is 58.8 Å². The molecule has 1 N–H and O–H groups in total. The maximum absolute atomic E-state index is 11.8. The van der Waals surface area contributed by atoms with E-state index in [9.17, 15) is 8.42 Å². The van der Waals surface area contributed by atoms with Crippen LogP contribution in [0.2, 0.25) is 0 Å². The van der Waals surface area contributed by atoms with Gasteiger partial charge in [-0.1, -0.05) is 20.3 Å². The van der Waals surface area contributed by atoms with Crippen LogP contribution < -0.4 is 5.32 Å². The molecule has 5 atom stereocenters. The molecule has 0 aromatic heterocycles. The van der Waals surface area contributed by atoms with Crippen molar-refractivity contribution in [1.82, 2.24) is 10.2 Å². The highest BCUT2D eigenvalue weighted by atomic mass is 32.2. The van der Waals surface area contributed by atoms with Gasteiger partial charge in [-0.15, -0.1) is 0 Å². The summed E-state index contributed by atoms with van der Waals surface area (Å²) < 4.78 is 23.5. The molecule has 0 aromatic carbocycles. The third-order valence-corrected chi connectivity index (χ3v) is 9.43. The zero-order valence-electron chi connectivity index (χ0n) is 16.4. The standard InChI is InChI=1S/C20H35N3O2S/c1-3-20(2)7-8-23(14-20)19(21-12-16-6-9-26(24,25)13-16)22-18-11-15-4-5-17(18)10-15/h15-18H,3-14H2,1-2H3,(H,21,22). The second-order valence-corrected chi connectivity index (χ2v) is 11.9. The third-order valence-electron chi connectivity index (χ3n) is 7.59. The molecular weight excluding hydrogens is 346 g/mol. The quantitative estimate of drug-likeness (QED) is 0.601. The molecule has 26 heavy (non-hydrogen) atoms. The first-order valence-electron chi connectivity index (χ1n) is 10.6. The Bertz CT molecular complexity index is 662. The number of likely N-dealkylation sites (tertiary alicyclic amines) is 1. The Morgan fingerprint density at radius 1 is 1.27 bits per heavy atom. The van der Waals surface area contributed by atoms with Gasteiger partial charge in [0.1, 0.15) is 0 Å². The lowest BCUT2D eigenvalue weighted by atomic mass is 9.87. The molecule has 4 rings (SSSR count). The van der Waals surface area contributed by atoms with E-state index in [4.69, 9.17) is 4.99 Å². The van der Waals surface area contributed by atoms with Crippen LogP contribution in [0.15, 0.2) is 4.99 Å². The number of sulfone groups is 1. The van der Waals surface area contributed by atoms with Gasteiger partial charge in [0.2, 0.25) is 0 Å². The molecule has 0 radical (unpaired) electrons. The molecule has 0 aromatic rings. The molecule has 2 saturated heterocycles. The van der Waals surface area contributed by atoms with Gasteiger partial charge in [0, 0.05) is 25.7 Å². The molecule has 0 amide bonds. The lowest BCUT2D eigenvalue weighted by Gasteiger charge is -2.31. The number of hydrogen-bond donors (Lipinski definition) is 1. The lowest BCUT2D eigenvalue weighted by Crippen LogP contribution is -2.47. The normalized spacial score (nSPS) is 41.9. The molecule has 2 aliphatic carbocycles. The van der Waals surface area contributed by atoms with Crippen molar-refractivity contribution in [2.24, 2.45) is 28.2 Å². The molecule has 6 heteroatoms. The van der Waals surface area contributed by atoms with E-state index in [1.54, 1.807) is 0 Å². The Labute approximate surface area is 158 Å². The predicted octanol–water partition coefficient (Wildman–Crippen LogP) is 2.68. The Morgan fingerprint density at radius 2 is 2.12 bits per heavy atom. The third kappa shape index (κ3) is 3.90. The fourth-order valence-corrected chi connectivity index (χ4v) is 7.40. The summed E-state index contributed by atoms with van der Waals surface area (Å²) in [5.41, 5.74) is 0.383. The second-order valence-electron chi connectivity index (χ2n) is 9.69. The summed E-state index contributed by atoms with van der Waals surface area (Å²) in [6.07, 6.45) is 8.65. The minimum Gasteiger partial charge on any atom is -0.353 e. The van der Waals surface area contributed by atoms with E-state index in [2.05, 4.69) is 24.1 Å². The molecule has 148 valence electrons. The van der Waals surface area contributed by atoms with Crippen LogP contribution >= 0.6 is 0 Å². The van der Waals surface area contributed by atoms with Gasteiger partial charge in [-0.05, 0) is 61.7 Å². The number of nitrogens with zero attached hydrogens (tertiary/aromatic N) is 2.